The Labute approximate surface area is 117 Å². The third-order valence-electron chi connectivity index (χ3n) is 4.69. The van der Waals surface area contributed by atoms with Gasteiger partial charge in [-0.3, -0.25) is 0 Å². The zero-order valence-corrected chi connectivity index (χ0v) is 12.9. The Kier molecular flexibility index (Phi) is 4.51. The molecule has 1 fully saturated rings. The van der Waals surface area contributed by atoms with Gasteiger partial charge in [-0.05, 0) is 56.3 Å². The quantitative estimate of drug-likeness (QED) is 0.884. The largest absolute Gasteiger partial charge is 0.496 e. The SMILES string of the molecule is CNC(c1c(C)cc(C)cc1OC)C1CCCC1C. The number of hydrogen-bond acceptors (Lipinski definition) is 2. The molecule has 3 atom stereocenters. The van der Waals surface area contributed by atoms with Crippen LogP contribution in [-0.2, 0) is 0 Å². The summed E-state index contributed by atoms with van der Waals surface area (Å²) < 4.78 is 5.64. The monoisotopic (exact) mass is 261 g/mol. The van der Waals surface area contributed by atoms with Gasteiger partial charge in [0.2, 0.25) is 0 Å². The Balaban J connectivity index is 2.42. The van der Waals surface area contributed by atoms with E-state index in [9.17, 15) is 0 Å². The third-order valence-corrected chi connectivity index (χ3v) is 4.69. The minimum atomic E-state index is 0.410. The van der Waals surface area contributed by atoms with E-state index in [1.807, 2.05) is 0 Å². The van der Waals surface area contributed by atoms with Crippen LogP contribution >= 0.6 is 0 Å². The average Bonchev–Trinajstić information content (AvgIpc) is 2.78. The lowest BCUT2D eigenvalue weighted by molar-refractivity contribution is 0.304. The van der Waals surface area contributed by atoms with E-state index in [0.717, 1.165) is 17.6 Å². The highest BCUT2D eigenvalue weighted by molar-refractivity contribution is 5.45. The second-order valence-corrected chi connectivity index (χ2v) is 6.04. The minimum absolute atomic E-state index is 0.410. The topological polar surface area (TPSA) is 21.3 Å². The van der Waals surface area contributed by atoms with Crippen molar-refractivity contribution in [3.05, 3.63) is 28.8 Å². The molecule has 19 heavy (non-hydrogen) atoms. The highest BCUT2D eigenvalue weighted by Gasteiger charge is 2.33. The Morgan fingerprint density at radius 2 is 2.00 bits per heavy atom. The Hall–Kier alpha value is -1.02. The number of hydrogen-bond donors (Lipinski definition) is 1. The van der Waals surface area contributed by atoms with E-state index < -0.39 is 0 Å². The van der Waals surface area contributed by atoms with Crippen molar-refractivity contribution in [1.82, 2.24) is 5.32 Å². The molecule has 1 saturated carbocycles. The maximum Gasteiger partial charge on any atom is 0.124 e. The molecular formula is C17H27NO. The van der Waals surface area contributed by atoms with Crippen LogP contribution in [0.1, 0.15) is 48.9 Å². The molecule has 1 aromatic carbocycles. The van der Waals surface area contributed by atoms with Crippen molar-refractivity contribution in [3.8, 4) is 5.75 Å². The maximum absolute atomic E-state index is 5.64. The predicted molar refractivity (Wildman–Crippen MR) is 80.8 cm³/mol. The Morgan fingerprint density at radius 3 is 2.53 bits per heavy atom. The van der Waals surface area contributed by atoms with Crippen LogP contribution in [0.3, 0.4) is 0 Å². The standard InChI is InChI=1S/C17H27NO/c1-11-9-13(3)16(15(10-11)19-5)17(18-4)14-8-6-7-12(14)2/h9-10,12,14,17-18H,6-8H2,1-5H3. The Morgan fingerprint density at radius 1 is 1.26 bits per heavy atom. The summed E-state index contributed by atoms with van der Waals surface area (Å²) in [6.45, 7) is 6.72. The smallest absolute Gasteiger partial charge is 0.124 e. The van der Waals surface area contributed by atoms with Crippen LogP contribution in [0, 0.1) is 25.7 Å². The van der Waals surface area contributed by atoms with E-state index in [-0.39, 0.29) is 0 Å². The van der Waals surface area contributed by atoms with Gasteiger partial charge < -0.3 is 10.1 Å². The summed E-state index contributed by atoms with van der Waals surface area (Å²) in [6, 6.07) is 4.83. The zero-order chi connectivity index (χ0) is 14.0. The van der Waals surface area contributed by atoms with Crippen LogP contribution in [-0.4, -0.2) is 14.2 Å². The molecule has 0 aromatic heterocycles. The first-order chi connectivity index (χ1) is 9.08. The summed E-state index contributed by atoms with van der Waals surface area (Å²) in [4.78, 5) is 0. The third kappa shape index (κ3) is 2.79. The fourth-order valence-corrected chi connectivity index (χ4v) is 3.75. The lowest BCUT2D eigenvalue weighted by atomic mass is 9.83. The van der Waals surface area contributed by atoms with Crippen LogP contribution in [0.2, 0.25) is 0 Å². The van der Waals surface area contributed by atoms with Crippen LogP contribution in [0.15, 0.2) is 12.1 Å². The van der Waals surface area contributed by atoms with Gasteiger partial charge in [0, 0.05) is 11.6 Å². The highest BCUT2D eigenvalue weighted by atomic mass is 16.5. The van der Waals surface area contributed by atoms with Crippen molar-refractivity contribution in [1.29, 1.82) is 0 Å². The molecule has 1 aliphatic rings. The normalized spacial score (nSPS) is 24.5. The fourth-order valence-electron chi connectivity index (χ4n) is 3.75. The molecule has 2 heteroatoms. The lowest BCUT2D eigenvalue weighted by Crippen LogP contribution is -2.28. The number of methoxy groups -OCH3 is 1. The molecule has 2 rings (SSSR count). The van der Waals surface area contributed by atoms with Crippen molar-refractivity contribution >= 4 is 0 Å². The van der Waals surface area contributed by atoms with E-state index in [1.54, 1.807) is 7.11 Å². The van der Waals surface area contributed by atoms with E-state index in [4.69, 9.17) is 4.74 Å². The van der Waals surface area contributed by atoms with Gasteiger partial charge >= 0.3 is 0 Å². The zero-order valence-electron chi connectivity index (χ0n) is 12.9. The van der Waals surface area contributed by atoms with Crippen molar-refractivity contribution in [2.24, 2.45) is 11.8 Å². The fraction of sp³-hybridized carbons (Fsp3) is 0.647. The van der Waals surface area contributed by atoms with Crippen LogP contribution < -0.4 is 10.1 Å². The minimum Gasteiger partial charge on any atom is -0.496 e. The van der Waals surface area contributed by atoms with Gasteiger partial charge in [-0.25, -0.2) is 0 Å². The lowest BCUT2D eigenvalue weighted by Gasteiger charge is -2.30. The summed E-state index contributed by atoms with van der Waals surface area (Å²) in [5, 5.41) is 3.55. The number of benzene rings is 1. The number of nitrogens with one attached hydrogen (secondary N) is 1. The first-order valence-electron chi connectivity index (χ1n) is 7.40. The van der Waals surface area contributed by atoms with E-state index in [0.29, 0.717) is 6.04 Å². The predicted octanol–water partition coefficient (Wildman–Crippen LogP) is 4.01. The molecule has 3 unspecified atom stereocenters. The molecule has 0 saturated heterocycles. The molecule has 1 N–H and O–H groups in total. The summed E-state index contributed by atoms with van der Waals surface area (Å²) >= 11 is 0. The molecule has 106 valence electrons. The van der Waals surface area contributed by atoms with Crippen LogP contribution in [0.25, 0.3) is 0 Å². The Bertz CT molecular complexity index is 441. The molecular weight excluding hydrogens is 234 g/mol. The van der Waals surface area contributed by atoms with Crippen molar-refractivity contribution in [3.63, 3.8) is 0 Å². The highest BCUT2D eigenvalue weighted by Crippen LogP contribution is 2.43. The van der Waals surface area contributed by atoms with Gasteiger partial charge in [-0.15, -0.1) is 0 Å². The molecule has 0 bridgehead atoms. The molecule has 0 heterocycles. The van der Waals surface area contributed by atoms with Gasteiger partial charge in [0.1, 0.15) is 5.75 Å². The van der Waals surface area contributed by atoms with E-state index in [1.165, 1.54) is 36.0 Å². The van der Waals surface area contributed by atoms with E-state index in [2.05, 4.69) is 45.3 Å². The molecule has 0 amide bonds. The van der Waals surface area contributed by atoms with Crippen molar-refractivity contribution < 1.29 is 4.74 Å². The van der Waals surface area contributed by atoms with Gasteiger partial charge in [-0.2, -0.15) is 0 Å². The van der Waals surface area contributed by atoms with Gasteiger partial charge in [0.25, 0.3) is 0 Å². The summed E-state index contributed by atoms with van der Waals surface area (Å²) in [6.07, 6.45) is 4.04. The first-order valence-corrected chi connectivity index (χ1v) is 7.40. The molecule has 1 aliphatic carbocycles. The van der Waals surface area contributed by atoms with Crippen molar-refractivity contribution in [2.45, 2.75) is 46.1 Å². The average molecular weight is 261 g/mol. The molecule has 2 nitrogen and oxygen atoms in total. The van der Waals surface area contributed by atoms with Crippen LogP contribution in [0.5, 0.6) is 5.75 Å². The first kappa shape index (κ1) is 14.4. The number of rotatable bonds is 4. The molecule has 0 spiro atoms. The van der Waals surface area contributed by atoms with Gasteiger partial charge in [-0.1, -0.05) is 25.8 Å². The van der Waals surface area contributed by atoms with Gasteiger partial charge in [0.15, 0.2) is 0 Å². The molecule has 0 radical (unpaired) electrons. The second kappa shape index (κ2) is 5.96. The van der Waals surface area contributed by atoms with E-state index >= 15 is 0 Å². The number of ether oxygens (including phenoxy) is 1. The molecule has 1 aromatic rings. The van der Waals surface area contributed by atoms with Crippen LogP contribution in [0.4, 0.5) is 0 Å². The maximum atomic E-state index is 5.64. The summed E-state index contributed by atoms with van der Waals surface area (Å²) in [5.41, 5.74) is 3.97. The summed E-state index contributed by atoms with van der Waals surface area (Å²) in [7, 11) is 3.86. The summed E-state index contributed by atoms with van der Waals surface area (Å²) in [5.74, 6) is 2.55. The molecule has 0 aliphatic heterocycles. The van der Waals surface area contributed by atoms with Crippen molar-refractivity contribution in [2.75, 3.05) is 14.2 Å². The second-order valence-electron chi connectivity index (χ2n) is 6.04. The number of aryl methyl sites for hydroxylation is 2. The van der Waals surface area contributed by atoms with Gasteiger partial charge in [0.05, 0.1) is 7.11 Å².